The molecule has 1 aromatic heterocycles. The van der Waals surface area contributed by atoms with E-state index in [0.29, 0.717) is 5.69 Å². The molecule has 110 valence electrons. The number of H-pyrrole nitrogens is 1. The lowest BCUT2D eigenvalue weighted by Gasteiger charge is -2.31. The third-order valence-corrected chi connectivity index (χ3v) is 5.04. The van der Waals surface area contributed by atoms with Crippen molar-refractivity contribution in [3.05, 3.63) is 41.6 Å². The molecule has 2 heterocycles. The van der Waals surface area contributed by atoms with Gasteiger partial charge in [-0.15, -0.1) is 0 Å². The topological polar surface area (TPSA) is 68.7 Å². The zero-order valence-electron chi connectivity index (χ0n) is 12.3. The number of aromatic amines is 1. The summed E-state index contributed by atoms with van der Waals surface area (Å²) in [5.74, 6) is 0.156. The molecule has 0 saturated heterocycles. The summed E-state index contributed by atoms with van der Waals surface area (Å²) in [5.41, 5.74) is 4.24. The number of hydrogen-bond acceptors (Lipinski definition) is 2. The summed E-state index contributed by atoms with van der Waals surface area (Å²) < 4.78 is 0. The molecule has 2 aliphatic rings. The largest absolute Gasteiger partial charge is 0.346 e. The molecule has 4 rings (SSSR count). The summed E-state index contributed by atoms with van der Waals surface area (Å²) in [7, 11) is 0. The highest BCUT2D eigenvalue weighted by atomic mass is 16.2. The molecule has 1 spiro atoms. The molecule has 22 heavy (non-hydrogen) atoms. The third-order valence-electron chi connectivity index (χ3n) is 5.04. The van der Waals surface area contributed by atoms with E-state index in [0.717, 1.165) is 48.2 Å². The van der Waals surface area contributed by atoms with E-state index in [1.807, 2.05) is 18.2 Å². The lowest BCUT2D eigenvalue weighted by Crippen LogP contribution is -2.36. The smallest absolute Gasteiger partial charge is 0.235 e. The van der Waals surface area contributed by atoms with Crippen molar-refractivity contribution in [1.29, 1.82) is 5.26 Å². The highest BCUT2D eigenvalue weighted by Gasteiger charge is 2.47. The first-order chi connectivity index (χ1) is 10.7. The molecule has 0 radical (unpaired) electrons. The van der Waals surface area contributed by atoms with Crippen molar-refractivity contribution >= 4 is 11.6 Å². The fourth-order valence-corrected chi connectivity index (χ4v) is 3.86. The number of hydrogen-bond donors (Lipinski definition) is 2. The van der Waals surface area contributed by atoms with Gasteiger partial charge < -0.3 is 10.3 Å². The van der Waals surface area contributed by atoms with Gasteiger partial charge in [-0.3, -0.25) is 4.79 Å². The maximum absolute atomic E-state index is 12.5. The van der Waals surface area contributed by atoms with Crippen molar-refractivity contribution < 1.29 is 4.79 Å². The lowest BCUT2D eigenvalue weighted by molar-refractivity contribution is -0.121. The monoisotopic (exact) mass is 291 g/mol. The van der Waals surface area contributed by atoms with E-state index in [-0.39, 0.29) is 11.3 Å². The lowest BCUT2D eigenvalue weighted by atomic mass is 9.70. The van der Waals surface area contributed by atoms with Gasteiger partial charge in [-0.2, -0.15) is 5.26 Å². The van der Waals surface area contributed by atoms with Gasteiger partial charge in [0.05, 0.1) is 5.41 Å². The van der Waals surface area contributed by atoms with Crippen LogP contribution in [0.1, 0.15) is 43.4 Å². The van der Waals surface area contributed by atoms with E-state index in [1.165, 1.54) is 6.42 Å². The van der Waals surface area contributed by atoms with Crippen LogP contribution in [0.5, 0.6) is 0 Å². The second-order valence-corrected chi connectivity index (χ2v) is 6.25. The van der Waals surface area contributed by atoms with Crippen molar-refractivity contribution in [3.63, 3.8) is 0 Å². The molecule has 4 nitrogen and oxygen atoms in total. The zero-order chi connectivity index (χ0) is 15.2. The molecule has 1 fully saturated rings. The molecule has 0 atom stereocenters. The molecule has 1 aliphatic carbocycles. The van der Waals surface area contributed by atoms with E-state index in [4.69, 9.17) is 5.26 Å². The van der Waals surface area contributed by atoms with Gasteiger partial charge in [0.2, 0.25) is 5.91 Å². The number of nitriles is 1. The van der Waals surface area contributed by atoms with E-state index in [1.54, 1.807) is 6.07 Å². The van der Waals surface area contributed by atoms with Gasteiger partial charge in [0.15, 0.2) is 0 Å². The standard InChI is InChI=1S/C18H17N3O/c19-11-13-5-7-15(20-13)12-4-6-16-14(10-12)18(17(22)21-16)8-2-1-3-9-18/h4-7,10,20H,1-3,8-9H2,(H,21,22). The Kier molecular flexibility index (Phi) is 2.83. The molecular weight excluding hydrogens is 274 g/mol. The van der Waals surface area contributed by atoms with E-state index < -0.39 is 0 Å². The first kappa shape index (κ1) is 13.1. The number of rotatable bonds is 1. The van der Waals surface area contributed by atoms with Gasteiger partial charge in [0.25, 0.3) is 0 Å². The van der Waals surface area contributed by atoms with Crippen molar-refractivity contribution in [2.24, 2.45) is 0 Å². The average molecular weight is 291 g/mol. The van der Waals surface area contributed by atoms with E-state index >= 15 is 0 Å². The number of anilines is 1. The summed E-state index contributed by atoms with van der Waals surface area (Å²) in [6, 6.07) is 11.9. The van der Waals surface area contributed by atoms with Gasteiger partial charge in [-0.1, -0.05) is 25.3 Å². The molecule has 4 heteroatoms. The zero-order valence-corrected chi connectivity index (χ0v) is 12.3. The molecule has 0 bridgehead atoms. The van der Waals surface area contributed by atoms with Gasteiger partial charge in [0, 0.05) is 11.4 Å². The maximum atomic E-state index is 12.5. The fraction of sp³-hybridized carbons (Fsp3) is 0.333. The second-order valence-electron chi connectivity index (χ2n) is 6.25. The molecule has 0 unspecified atom stereocenters. The Labute approximate surface area is 129 Å². The summed E-state index contributed by atoms with van der Waals surface area (Å²) in [6.07, 6.45) is 5.30. The number of aromatic nitrogens is 1. The number of nitrogens with one attached hydrogen (secondary N) is 2. The quantitative estimate of drug-likeness (QED) is 0.841. The van der Waals surface area contributed by atoms with Crippen LogP contribution < -0.4 is 5.32 Å². The highest BCUT2D eigenvalue weighted by Crippen LogP contribution is 2.48. The summed E-state index contributed by atoms with van der Waals surface area (Å²) >= 11 is 0. The number of benzene rings is 1. The van der Waals surface area contributed by atoms with Crippen LogP contribution in [0.3, 0.4) is 0 Å². The predicted octanol–water partition coefficient (Wildman–Crippen LogP) is 3.71. The normalized spacial score (nSPS) is 18.8. The van der Waals surface area contributed by atoms with Gasteiger partial charge >= 0.3 is 0 Å². The Morgan fingerprint density at radius 2 is 1.91 bits per heavy atom. The third kappa shape index (κ3) is 1.79. The maximum Gasteiger partial charge on any atom is 0.235 e. The molecule has 1 aromatic carbocycles. The van der Waals surface area contributed by atoms with Crippen LogP contribution in [0.25, 0.3) is 11.3 Å². The second kappa shape index (κ2) is 4.74. The van der Waals surface area contributed by atoms with E-state index in [2.05, 4.69) is 22.4 Å². The van der Waals surface area contributed by atoms with Crippen LogP contribution in [-0.2, 0) is 10.2 Å². The minimum atomic E-state index is -0.339. The number of fused-ring (bicyclic) bond motifs is 2. The summed E-state index contributed by atoms with van der Waals surface area (Å²) in [5, 5.41) is 12.0. The number of carbonyl (C=O) groups is 1. The van der Waals surface area contributed by atoms with Crippen LogP contribution in [0.4, 0.5) is 5.69 Å². The Morgan fingerprint density at radius 3 is 2.64 bits per heavy atom. The van der Waals surface area contributed by atoms with Crippen LogP contribution >= 0.6 is 0 Å². The van der Waals surface area contributed by atoms with Crippen molar-refractivity contribution in [2.75, 3.05) is 5.32 Å². The first-order valence-corrected chi connectivity index (χ1v) is 7.78. The highest BCUT2D eigenvalue weighted by molar-refractivity contribution is 6.06. The van der Waals surface area contributed by atoms with Crippen LogP contribution in [0, 0.1) is 11.3 Å². The molecule has 2 aromatic rings. The average Bonchev–Trinajstić information content (AvgIpc) is 3.13. The Balaban J connectivity index is 1.81. The SMILES string of the molecule is N#Cc1ccc(-c2ccc3c(c2)C2(CCCCC2)C(=O)N3)[nH]1. The van der Waals surface area contributed by atoms with Crippen LogP contribution in [-0.4, -0.2) is 10.9 Å². The summed E-state index contributed by atoms with van der Waals surface area (Å²) in [6.45, 7) is 0. The van der Waals surface area contributed by atoms with Crippen LogP contribution in [0.15, 0.2) is 30.3 Å². The van der Waals surface area contributed by atoms with Gasteiger partial charge in [-0.05, 0) is 48.2 Å². The summed E-state index contributed by atoms with van der Waals surface area (Å²) in [4.78, 5) is 15.7. The molecule has 2 N–H and O–H groups in total. The van der Waals surface area contributed by atoms with Crippen molar-refractivity contribution in [2.45, 2.75) is 37.5 Å². The Morgan fingerprint density at radius 1 is 1.09 bits per heavy atom. The minimum absolute atomic E-state index is 0.156. The molecule has 1 aliphatic heterocycles. The molecule has 1 saturated carbocycles. The number of carbonyl (C=O) groups excluding carboxylic acids is 1. The van der Waals surface area contributed by atoms with Gasteiger partial charge in [-0.25, -0.2) is 0 Å². The molecular formula is C18H17N3O. The van der Waals surface area contributed by atoms with Crippen LogP contribution in [0.2, 0.25) is 0 Å². The Bertz CT molecular complexity index is 791. The minimum Gasteiger partial charge on any atom is -0.346 e. The van der Waals surface area contributed by atoms with Crippen molar-refractivity contribution in [3.8, 4) is 17.3 Å². The van der Waals surface area contributed by atoms with E-state index in [9.17, 15) is 4.79 Å². The number of amides is 1. The fourth-order valence-electron chi connectivity index (χ4n) is 3.86. The van der Waals surface area contributed by atoms with Gasteiger partial charge in [0.1, 0.15) is 11.8 Å². The Hall–Kier alpha value is -2.54. The van der Waals surface area contributed by atoms with Crippen molar-refractivity contribution in [1.82, 2.24) is 4.98 Å². The molecule has 1 amide bonds. The number of nitrogens with zero attached hydrogens (tertiary/aromatic N) is 1. The first-order valence-electron chi connectivity index (χ1n) is 7.78. The predicted molar refractivity (Wildman–Crippen MR) is 84.3 cm³/mol.